The quantitative estimate of drug-likeness (QED) is 0.0264. The van der Waals surface area contributed by atoms with Crippen LogP contribution in [0.1, 0.15) is 309 Å². The van der Waals surface area contributed by atoms with Crippen molar-refractivity contribution >= 4 is 19.8 Å². The average molecular weight is 1070 g/mol. The maximum Gasteiger partial charge on any atom is 0.472 e. The van der Waals surface area contributed by atoms with Crippen molar-refractivity contribution in [2.24, 2.45) is 5.73 Å². The van der Waals surface area contributed by atoms with E-state index in [0.717, 1.165) is 64.2 Å². The fourth-order valence-electron chi connectivity index (χ4n) is 9.25. The van der Waals surface area contributed by atoms with E-state index in [1.807, 2.05) is 0 Å². The smallest absolute Gasteiger partial charge is 0.462 e. The molecule has 0 aromatic carbocycles. The topological polar surface area (TPSA) is 134 Å². The Morgan fingerprint density at radius 2 is 0.733 bits per heavy atom. The van der Waals surface area contributed by atoms with Crippen LogP contribution in [-0.2, 0) is 32.7 Å². The minimum absolute atomic E-state index is 0.0556. The van der Waals surface area contributed by atoms with E-state index in [9.17, 15) is 19.0 Å². The lowest BCUT2D eigenvalue weighted by Crippen LogP contribution is -2.29. The van der Waals surface area contributed by atoms with Gasteiger partial charge in [0, 0.05) is 19.4 Å². The summed E-state index contributed by atoms with van der Waals surface area (Å²) in [7, 11) is -4.38. The van der Waals surface area contributed by atoms with Crippen LogP contribution in [0.15, 0.2) is 60.8 Å². The van der Waals surface area contributed by atoms with Gasteiger partial charge in [0.1, 0.15) is 6.61 Å². The number of phosphoric acid groups is 1. The summed E-state index contributed by atoms with van der Waals surface area (Å²) in [5.74, 6) is -0.810. The van der Waals surface area contributed by atoms with Gasteiger partial charge in [-0.25, -0.2) is 4.57 Å². The van der Waals surface area contributed by atoms with Gasteiger partial charge in [0.15, 0.2) is 6.10 Å². The number of ether oxygens (including phenoxy) is 2. The SMILES string of the molecule is CC/C=C\C/C=C\C/C=C\C/C=C\C/C=C\CCCCCCCCCCCCCCCCCCCCCCCCCC(=O)OC(COC(=O)CCCCCCCCCCCCCCCCC)COP(=O)(O)OCCN. The van der Waals surface area contributed by atoms with Gasteiger partial charge in [-0.1, -0.05) is 299 Å². The molecule has 0 aliphatic carbocycles. The monoisotopic (exact) mass is 1070 g/mol. The summed E-state index contributed by atoms with van der Waals surface area (Å²) in [5, 5.41) is 0. The molecule has 0 aromatic heterocycles. The van der Waals surface area contributed by atoms with Crippen molar-refractivity contribution in [3.05, 3.63) is 60.8 Å². The molecule has 3 N–H and O–H groups in total. The van der Waals surface area contributed by atoms with Crippen molar-refractivity contribution in [3.63, 3.8) is 0 Å². The highest BCUT2D eigenvalue weighted by molar-refractivity contribution is 7.47. The molecule has 0 aliphatic rings. The van der Waals surface area contributed by atoms with Crippen molar-refractivity contribution in [1.29, 1.82) is 0 Å². The molecule has 0 bridgehead atoms. The number of allylic oxidation sites excluding steroid dienone is 10. The Morgan fingerprint density at radius 1 is 0.413 bits per heavy atom. The highest BCUT2D eigenvalue weighted by atomic mass is 31.2. The van der Waals surface area contributed by atoms with E-state index in [4.69, 9.17) is 24.3 Å². The molecular weight excluding hydrogens is 954 g/mol. The normalized spacial score (nSPS) is 13.4. The van der Waals surface area contributed by atoms with Gasteiger partial charge in [0.25, 0.3) is 0 Å². The molecule has 0 saturated carbocycles. The Labute approximate surface area is 463 Å². The van der Waals surface area contributed by atoms with E-state index in [1.165, 1.54) is 212 Å². The Balaban J connectivity index is 3.77. The minimum atomic E-state index is -4.38. The minimum Gasteiger partial charge on any atom is -0.462 e. The average Bonchev–Trinajstić information content (AvgIpc) is 3.40. The predicted molar refractivity (Wildman–Crippen MR) is 321 cm³/mol. The van der Waals surface area contributed by atoms with Crippen LogP contribution in [0.4, 0.5) is 0 Å². The zero-order chi connectivity index (χ0) is 54.5. The first kappa shape index (κ1) is 72.7. The molecule has 0 rings (SSSR count). The van der Waals surface area contributed by atoms with Gasteiger partial charge in [-0.2, -0.15) is 0 Å². The molecule has 75 heavy (non-hydrogen) atoms. The second-order valence-electron chi connectivity index (χ2n) is 21.3. The fourth-order valence-corrected chi connectivity index (χ4v) is 10.0. The van der Waals surface area contributed by atoms with Crippen LogP contribution < -0.4 is 5.73 Å². The summed E-state index contributed by atoms with van der Waals surface area (Å²) in [4.78, 5) is 35.2. The van der Waals surface area contributed by atoms with Gasteiger partial charge in [-0.15, -0.1) is 0 Å². The van der Waals surface area contributed by atoms with Crippen LogP contribution in [0.5, 0.6) is 0 Å². The van der Waals surface area contributed by atoms with Crippen molar-refractivity contribution in [2.45, 2.75) is 315 Å². The van der Waals surface area contributed by atoms with Crippen LogP contribution in [0.25, 0.3) is 0 Å². The maximum atomic E-state index is 12.7. The first-order chi connectivity index (χ1) is 36.8. The molecule has 2 atom stereocenters. The second-order valence-corrected chi connectivity index (χ2v) is 22.7. The summed E-state index contributed by atoms with van der Waals surface area (Å²) in [6.45, 7) is 3.67. The van der Waals surface area contributed by atoms with E-state index in [-0.39, 0.29) is 38.6 Å². The second kappa shape index (κ2) is 60.9. The third-order valence-corrected chi connectivity index (χ3v) is 14.9. The Bertz CT molecular complexity index is 1410. The van der Waals surface area contributed by atoms with Crippen LogP contribution in [0.3, 0.4) is 0 Å². The zero-order valence-electron chi connectivity index (χ0n) is 49.0. The Morgan fingerprint density at radius 3 is 1.09 bits per heavy atom. The van der Waals surface area contributed by atoms with Crippen LogP contribution in [0.2, 0.25) is 0 Å². The molecule has 9 nitrogen and oxygen atoms in total. The highest BCUT2D eigenvalue weighted by Crippen LogP contribution is 2.43. The maximum absolute atomic E-state index is 12.7. The highest BCUT2D eigenvalue weighted by Gasteiger charge is 2.26. The number of rotatable bonds is 60. The number of hydrogen-bond acceptors (Lipinski definition) is 8. The summed E-state index contributed by atoms with van der Waals surface area (Å²) < 4.78 is 33.0. The number of carbonyl (C=O) groups is 2. The molecule has 0 radical (unpaired) electrons. The van der Waals surface area contributed by atoms with Crippen molar-refractivity contribution in [1.82, 2.24) is 0 Å². The van der Waals surface area contributed by atoms with Gasteiger partial charge in [0.05, 0.1) is 13.2 Å². The largest absolute Gasteiger partial charge is 0.472 e. The molecular formula is C65H120NO8P. The van der Waals surface area contributed by atoms with Crippen molar-refractivity contribution < 1.29 is 37.6 Å². The lowest BCUT2D eigenvalue weighted by Gasteiger charge is -2.19. The zero-order valence-corrected chi connectivity index (χ0v) is 49.9. The summed E-state index contributed by atoms with van der Waals surface area (Å²) in [6.07, 6.45) is 77.4. The number of carbonyl (C=O) groups excluding carboxylic acids is 2. The number of nitrogens with two attached hydrogens (primary N) is 1. The molecule has 0 aliphatic heterocycles. The number of unbranched alkanes of at least 4 members (excludes halogenated alkanes) is 37. The van der Waals surface area contributed by atoms with Crippen molar-refractivity contribution in [2.75, 3.05) is 26.4 Å². The Kier molecular flexibility index (Phi) is 59.1. The van der Waals surface area contributed by atoms with Crippen LogP contribution in [-0.4, -0.2) is 49.3 Å². The van der Waals surface area contributed by atoms with Gasteiger partial charge >= 0.3 is 19.8 Å². The van der Waals surface area contributed by atoms with Crippen LogP contribution >= 0.6 is 7.82 Å². The van der Waals surface area contributed by atoms with E-state index < -0.39 is 26.5 Å². The summed E-state index contributed by atoms with van der Waals surface area (Å²) in [5.41, 5.74) is 5.38. The number of hydrogen-bond donors (Lipinski definition) is 2. The third-order valence-electron chi connectivity index (χ3n) is 13.9. The molecule has 2 unspecified atom stereocenters. The summed E-state index contributed by atoms with van der Waals surface area (Å²) in [6, 6.07) is 0. The van der Waals surface area contributed by atoms with Gasteiger partial charge in [-0.3, -0.25) is 18.6 Å². The molecule has 438 valence electrons. The van der Waals surface area contributed by atoms with E-state index >= 15 is 0 Å². The molecule has 0 spiro atoms. The molecule has 0 heterocycles. The standard InChI is InChI=1S/C65H120NO8P/c1-3-5-7-9-11-13-15-17-19-20-21-22-23-24-25-26-27-28-29-30-31-32-33-34-35-36-37-38-39-40-41-42-44-46-48-50-52-54-56-58-65(68)74-63(62-73-75(69,70)72-60-59-66)61-71-64(67)57-55-53-51-49-47-45-43-18-16-14-12-10-8-6-4-2/h5,7,11,13,17,19,21-22,24-25,63H,3-4,6,8-10,12,14-16,18,20,23,26-62,66H2,1-2H3,(H,69,70)/b7-5-,13-11-,19-17-,22-21-,25-24-. The lowest BCUT2D eigenvalue weighted by atomic mass is 10.0. The Hall–Kier alpha value is -2.29. The predicted octanol–water partition coefficient (Wildman–Crippen LogP) is 20.3. The molecule has 0 aromatic rings. The van der Waals surface area contributed by atoms with E-state index in [1.54, 1.807) is 0 Å². The van der Waals surface area contributed by atoms with Gasteiger partial charge in [0.2, 0.25) is 0 Å². The molecule has 0 amide bonds. The molecule has 0 fully saturated rings. The molecule has 0 saturated heterocycles. The first-order valence-corrected chi connectivity index (χ1v) is 33.3. The van der Waals surface area contributed by atoms with E-state index in [2.05, 4.69) is 74.6 Å². The summed E-state index contributed by atoms with van der Waals surface area (Å²) >= 11 is 0. The number of esters is 2. The van der Waals surface area contributed by atoms with Crippen molar-refractivity contribution in [3.8, 4) is 0 Å². The third kappa shape index (κ3) is 60.8. The molecule has 10 heteroatoms. The first-order valence-electron chi connectivity index (χ1n) is 31.8. The van der Waals surface area contributed by atoms with E-state index in [0.29, 0.717) is 6.42 Å². The fraction of sp³-hybridized carbons (Fsp3) is 0.815. The number of phosphoric ester groups is 1. The van der Waals surface area contributed by atoms with Gasteiger partial charge < -0.3 is 20.1 Å². The lowest BCUT2D eigenvalue weighted by molar-refractivity contribution is -0.161. The van der Waals surface area contributed by atoms with Crippen LogP contribution in [0, 0.1) is 0 Å². The van der Waals surface area contributed by atoms with Gasteiger partial charge in [-0.05, 0) is 57.8 Å².